The molecule has 0 aromatic carbocycles. The van der Waals surface area contributed by atoms with Gasteiger partial charge in [-0.2, -0.15) is 0 Å². The lowest BCUT2D eigenvalue weighted by molar-refractivity contribution is -0.124. The molecule has 2 saturated carbocycles. The van der Waals surface area contributed by atoms with E-state index < -0.39 is 5.54 Å². The molecule has 0 aromatic rings. The Morgan fingerprint density at radius 3 is 2.21 bits per heavy atom. The molecule has 4 heteroatoms. The fourth-order valence-corrected chi connectivity index (χ4v) is 3.54. The normalized spacial score (nSPS) is 31.2. The number of likely N-dealkylation sites (N-methyl/N-ethyl adjacent to an activating group) is 1. The van der Waals surface area contributed by atoms with Crippen LogP contribution >= 0.6 is 0 Å². The van der Waals surface area contributed by atoms with Gasteiger partial charge in [-0.1, -0.05) is 13.3 Å². The molecule has 2 aliphatic rings. The van der Waals surface area contributed by atoms with Crippen molar-refractivity contribution in [3.05, 3.63) is 0 Å². The third-order valence-corrected chi connectivity index (χ3v) is 5.29. The Kier molecular flexibility index (Phi) is 4.51. The van der Waals surface area contributed by atoms with E-state index in [4.69, 9.17) is 11.5 Å². The third kappa shape index (κ3) is 3.29. The number of carbonyl (C=O) groups is 1. The Balaban J connectivity index is 1.89. The standard InChI is InChI=1S/C15H29N3O/c1-3-11-4-8-13(9-5-11)18(2)10-15(17,14(16)19)12-6-7-12/h11-13H,3-10,17H2,1-2H3,(H2,16,19). The maximum atomic E-state index is 11.7. The van der Waals surface area contributed by atoms with Gasteiger partial charge < -0.3 is 16.4 Å². The molecule has 110 valence electrons. The molecule has 2 fully saturated rings. The molecule has 1 amide bonds. The summed E-state index contributed by atoms with van der Waals surface area (Å²) in [5.41, 5.74) is 11.0. The van der Waals surface area contributed by atoms with Crippen molar-refractivity contribution in [2.24, 2.45) is 23.3 Å². The molecular formula is C15H29N3O. The zero-order chi connectivity index (χ0) is 14.0. The van der Waals surface area contributed by atoms with E-state index in [1.54, 1.807) is 0 Å². The van der Waals surface area contributed by atoms with Crippen LogP contribution in [0.4, 0.5) is 0 Å². The molecule has 0 bridgehead atoms. The number of nitrogens with two attached hydrogens (primary N) is 2. The topological polar surface area (TPSA) is 72.3 Å². The first-order valence-electron chi connectivity index (χ1n) is 7.76. The second kappa shape index (κ2) is 5.80. The molecular weight excluding hydrogens is 238 g/mol. The number of rotatable bonds is 6. The smallest absolute Gasteiger partial charge is 0.239 e. The van der Waals surface area contributed by atoms with Crippen molar-refractivity contribution in [3.8, 4) is 0 Å². The molecule has 0 aliphatic heterocycles. The van der Waals surface area contributed by atoms with Gasteiger partial charge in [0.1, 0.15) is 5.54 Å². The van der Waals surface area contributed by atoms with Crippen LogP contribution in [-0.2, 0) is 4.79 Å². The summed E-state index contributed by atoms with van der Waals surface area (Å²) in [6, 6.07) is 0.573. The van der Waals surface area contributed by atoms with Crippen molar-refractivity contribution in [3.63, 3.8) is 0 Å². The number of nitrogens with zero attached hydrogens (tertiary/aromatic N) is 1. The molecule has 1 unspecified atom stereocenters. The van der Waals surface area contributed by atoms with Gasteiger partial charge in [-0.25, -0.2) is 0 Å². The predicted molar refractivity (Wildman–Crippen MR) is 77.5 cm³/mol. The zero-order valence-electron chi connectivity index (χ0n) is 12.4. The van der Waals surface area contributed by atoms with Crippen LogP contribution in [0.15, 0.2) is 0 Å². The Morgan fingerprint density at radius 1 is 1.21 bits per heavy atom. The summed E-state index contributed by atoms with van der Waals surface area (Å²) in [6.07, 6.45) is 8.47. The summed E-state index contributed by atoms with van der Waals surface area (Å²) in [7, 11) is 2.10. The molecule has 0 aromatic heterocycles. The molecule has 0 saturated heterocycles. The van der Waals surface area contributed by atoms with Crippen molar-refractivity contribution in [2.75, 3.05) is 13.6 Å². The highest BCUT2D eigenvalue weighted by Crippen LogP contribution is 2.39. The van der Waals surface area contributed by atoms with Crippen LogP contribution in [0.5, 0.6) is 0 Å². The van der Waals surface area contributed by atoms with Gasteiger partial charge in [0.05, 0.1) is 0 Å². The first kappa shape index (κ1) is 14.8. The van der Waals surface area contributed by atoms with E-state index in [9.17, 15) is 4.79 Å². The SMILES string of the molecule is CCC1CCC(N(C)CC(N)(C(N)=O)C2CC2)CC1. The monoisotopic (exact) mass is 267 g/mol. The van der Waals surface area contributed by atoms with Gasteiger partial charge in [-0.3, -0.25) is 4.79 Å². The van der Waals surface area contributed by atoms with E-state index in [-0.39, 0.29) is 5.91 Å². The van der Waals surface area contributed by atoms with Gasteiger partial charge in [-0.05, 0) is 57.4 Å². The van der Waals surface area contributed by atoms with Crippen LogP contribution in [0.1, 0.15) is 51.9 Å². The van der Waals surface area contributed by atoms with Crippen molar-refractivity contribution in [2.45, 2.75) is 63.5 Å². The van der Waals surface area contributed by atoms with E-state index in [2.05, 4.69) is 18.9 Å². The van der Waals surface area contributed by atoms with Gasteiger partial charge in [0.15, 0.2) is 0 Å². The maximum Gasteiger partial charge on any atom is 0.239 e. The maximum absolute atomic E-state index is 11.7. The summed E-state index contributed by atoms with van der Waals surface area (Å²) in [4.78, 5) is 14.0. The lowest BCUT2D eigenvalue weighted by Crippen LogP contribution is -2.61. The van der Waals surface area contributed by atoms with Gasteiger partial charge in [0.2, 0.25) is 5.91 Å². The second-order valence-electron chi connectivity index (χ2n) is 6.68. The highest BCUT2D eigenvalue weighted by atomic mass is 16.1. The number of carbonyl (C=O) groups excluding carboxylic acids is 1. The number of primary amides is 1. The van der Waals surface area contributed by atoms with E-state index >= 15 is 0 Å². The van der Waals surface area contributed by atoms with Gasteiger partial charge in [-0.15, -0.1) is 0 Å². The van der Waals surface area contributed by atoms with Crippen LogP contribution in [0.2, 0.25) is 0 Å². The van der Waals surface area contributed by atoms with Gasteiger partial charge in [0, 0.05) is 12.6 Å². The quantitative estimate of drug-likeness (QED) is 0.765. The predicted octanol–water partition coefficient (Wildman–Crippen LogP) is 1.48. The Hall–Kier alpha value is -0.610. The fourth-order valence-electron chi connectivity index (χ4n) is 3.54. The summed E-state index contributed by atoms with van der Waals surface area (Å²) in [6.45, 7) is 2.90. The summed E-state index contributed by atoms with van der Waals surface area (Å²) in [5.74, 6) is 0.871. The lowest BCUT2D eigenvalue weighted by Gasteiger charge is -2.38. The highest BCUT2D eigenvalue weighted by molar-refractivity contribution is 5.85. The zero-order valence-corrected chi connectivity index (χ0v) is 12.4. The minimum Gasteiger partial charge on any atom is -0.368 e. The third-order valence-electron chi connectivity index (χ3n) is 5.29. The first-order chi connectivity index (χ1) is 8.97. The summed E-state index contributed by atoms with van der Waals surface area (Å²) >= 11 is 0. The lowest BCUT2D eigenvalue weighted by atomic mass is 9.83. The number of amides is 1. The molecule has 2 aliphatic carbocycles. The van der Waals surface area contributed by atoms with E-state index in [0.717, 1.165) is 18.8 Å². The first-order valence-corrected chi connectivity index (χ1v) is 7.76. The largest absolute Gasteiger partial charge is 0.368 e. The molecule has 2 rings (SSSR count). The molecule has 4 nitrogen and oxygen atoms in total. The molecule has 1 atom stereocenters. The average Bonchev–Trinajstić information content (AvgIpc) is 3.23. The Morgan fingerprint density at radius 2 is 1.79 bits per heavy atom. The minimum atomic E-state index is -0.809. The molecule has 19 heavy (non-hydrogen) atoms. The van der Waals surface area contributed by atoms with Crippen molar-refractivity contribution >= 4 is 5.91 Å². The van der Waals surface area contributed by atoms with E-state index in [1.807, 2.05) is 0 Å². The van der Waals surface area contributed by atoms with Gasteiger partial charge >= 0.3 is 0 Å². The minimum absolute atomic E-state index is 0.305. The van der Waals surface area contributed by atoms with Crippen molar-refractivity contribution < 1.29 is 4.79 Å². The fraction of sp³-hybridized carbons (Fsp3) is 0.933. The Labute approximate surface area is 116 Å². The van der Waals surface area contributed by atoms with Crippen LogP contribution in [0.3, 0.4) is 0 Å². The highest BCUT2D eigenvalue weighted by Gasteiger charge is 2.48. The van der Waals surface area contributed by atoms with Crippen LogP contribution in [0, 0.1) is 11.8 Å². The van der Waals surface area contributed by atoms with Crippen molar-refractivity contribution in [1.29, 1.82) is 0 Å². The van der Waals surface area contributed by atoms with Gasteiger partial charge in [0.25, 0.3) is 0 Å². The Bertz CT molecular complexity index is 321. The van der Waals surface area contributed by atoms with E-state index in [1.165, 1.54) is 32.1 Å². The van der Waals surface area contributed by atoms with Crippen LogP contribution < -0.4 is 11.5 Å². The molecule has 0 radical (unpaired) electrons. The summed E-state index contributed by atoms with van der Waals surface area (Å²) in [5, 5.41) is 0. The molecule has 0 heterocycles. The number of hydrogen-bond donors (Lipinski definition) is 2. The van der Waals surface area contributed by atoms with Crippen LogP contribution in [-0.4, -0.2) is 36.0 Å². The van der Waals surface area contributed by atoms with Crippen LogP contribution in [0.25, 0.3) is 0 Å². The summed E-state index contributed by atoms with van der Waals surface area (Å²) < 4.78 is 0. The number of hydrogen-bond acceptors (Lipinski definition) is 3. The van der Waals surface area contributed by atoms with Crippen molar-refractivity contribution in [1.82, 2.24) is 4.90 Å². The van der Waals surface area contributed by atoms with E-state index in [0.29, 0.717) is 18.5 Å². The second-order valence-corrected chi connectivity index (χ2v) is 6.68. The molecule has 0 spiro atoms. The average molecular weight is 267 g/mol. The molecule has 4 N–H and O–H groups in total.